The number of carbonyl (C=O) groups is 2. The average Bonchev–Trinajstić information content (AvgIpc) is 3.34. The number of nitrogens with zero attached hydrogens (tertiary/aromatic N) is 4. The number of aromatic nitrogens is 3. The lowest BCUT2D eigenvalue weighted by Gasteiger charge is -2.50. The van der Waals surface area contributed by atoms with Gasteiger partial charge in [0.05, 0.1) is 23.1 Å². The van der Waals surface area contributed by atoms with Crippen LogP contribution < -0.4 is 0 Å². The molecule has 0 unspecified atom stereocenters. The van der Waals surface area contributed by atoms with Gasteiger partial charge >= 0.3 is 0 Å². The minimum Gasteiger partial charge on any atom is -0.375 e. The van der Waals surface area contributed by atoms with Gasteiger partial charge in [0.15, 0.2) is 0 Å². The van der Waals surface area contributed by atoms with Crippen molar-refractivity contribution in [2.24, 2.45) is 0 Å². The highest BCUT2D eigenvalue weighted by Gasteiger charge is 2.49. The van der Waals surface area contributed by atoms with E-state index >= 15 is 0 Å². The first-order chi connectivity index (χ1) is 12.7. The lowest BCUT2D eigenvalue weighted by Crippen LogP contribution is -2.59. The summed E-state index contributed by atoms with van der Waals surface area (Å²) in [5.41, 5.74) is 3.71. The first-order valence-electron chi connectivity index (χ1n) is 8.65. The van der Waals surface area contributed by atoms with E-state index in [0.29, 0.717) is 38.2 Å². The number of imidazole rings is 1. The Kier molecular flexibility index (Phi) is 4.49. The summed E-state index contributed by atoms with van der Waals surface area (Å²) >= 11 is 1.42. The molecule has 9 heteroatoms. The molecule has 2 aliphatic rings. The molecule has 2 aliphatic heterocycles. The van der Waals surface area contributed by atoms with Crippen molar-refractivity contribution >= 4 is 23.2 Å². The Morgan fingerprint density at radius 1 is 1.31 bits per heavy atom. The first kappa shape index (κ1) is 17.2. The van der Waals surface area contributed by atoms with Gasteiger partial charge in [-0.2, -0.15) is 0 Å². The van der Waals surface area contributed by atoms with Gasteiger partial charge in [0.1, 0.15) is 12.3 Å². The molecular weight excluding hydrogens is 354 g/mol. The second-order valence-electron chi connectivity index (χ2n) is 6.66. The maximum absolute atomic E-state index is 12.7. The van der Waals surface area contributed by atoms with Crippen molar-refractivity contribution < 1.29 is 14.3 Å². The third-order valence-electron chi connectivity index (χ3n) is 5.36. The summed E-state index contributed by atoms with van der Waals surface area (Å²) in [6, 6.07) is 0. The predicted octanol–water partition coefficient (Wildman–Crippen LogP) is 1.03. The molecule has 2 amide bonds. The van der Waals surface area contributed by atoms with Crippen LogP contribution in [0.2, 0.25) is 0 Å². The number of ether oxygens (including phenoxy) is 1. The van der Waals surface area contributed by atoms with Gasteiger partial charge in [-0.1, -0.05) is 0 Å². The second-order valence-corrected chi connectivity index (χ2v) is 7.37. The number of fused-ring (bicyclic) bond motifs is 2. The zero-order valence-corrected chi connectivity index (χ0v) is 15.4. The summed E-state index contributed by atoms with van der Waals surface area (Å²) in [7, 11) is 1.53. The Labute approximate surface area is 155 Å². The van der Waals surface area contributed by atoms with Crippen molar-refractivity contribution in [2.75, 3.05) is 33.4 Å². The van der Waals surface area contributed by atoms with E-state index in [0.717, 1.165) is 17.8 Å². The van der Waals surface area contributed by atoms with Crippen molar-refractivity contribution in [3.8, 4) is 0 Å². The van der Waals surface area contributed by atoms with Gasteiger partial charge in [0, 0.05) is 44.2 Å². The van der Waals surface area contributed by atoms with Gasteiger partial charge in [0.25, 0.3) is 5.91 Å². The van der Waals surface area contributed by atoms with Crippen LogP contribution in [0, 0.1) is 0 Å². The summed E-state index contributed by atoms with van der Waals surface area (Å²) in [4.78, 5) is 40.9. The van der Waals surface area contributed by atoms with Crippen LogP contribution in [0.5, 0.6) is 0 Å². The Balaban J connectivity index is 1.59. The molecule has 0 aliphatic carbocycles. The van der Waals surface area contributed by atoms with Gasteiger partial charge in [-0.05, 0) is 12.8 Å². The molecule has 138 valence electrons. The van der Waals surface area contributed by atoms with E-state index in [2.05, 4.69) is 15.0 Å². The van der Waals surface area contributed by atoms with E-state index in [1.54, 1.807) is 17.2 Å². The van der Waals surface area contributed by atoms with E-state index in [9.17, 15) is 9.59 Å². The number of carbonyl (C=O) groups excluding carboxylic acids is 2. The van der Waals surface area contributed by atoms with Crippen LogP contribution in [0.4, 0.5) is 0 Å². The standard InChI is InChI=1S/C17H21N5O3S/c1-25-8-14(23)22-5-2-12-15(19-10-18-12)17(22)3-6-21(7-4-17)16(24)13-9-26-11-20-13/h9-11H,2-8H2,1H3,(H,18,19). The molecule has 0 aromatic carbocycles. The van der Waals surface area contributed by atoms with Crippen LogP contribution in [0.15, 0.2) is 17.2 Å². The normalized spacial score (nSPS) is 18.8. The molecule has 4 rings (SSSR count). The molecule has 1 saturated heterocycles. The van der Waals surface area contributed by atoms with Gasteiger partial charge in [-0.3, -0.25) is 9.59 Å². The molecule has 1 N–H and O–H groups in total. The Bertz CT molecular complexity index is 795. The molecule has 2 aromatic heterocycles. The third-order valence-corrected chi connectivity index (χ3v) is 5.95. The number of H-pyrrole nitrogens is 1. The summed E-state index contributed by atoms with van der Waals surface area (Å²) in [5, 5.41) is 1.77. The van der Waals surface area contributed by atoms with Gasteiger partial charge in [0.2, 0.25) is 5.91 Å². The van der Waals surface area contributed by atoms with Crippen LogP contribution in [0.3, 0.4) is 0 Å². The fraction of sp³-hybridized carbons (Fsp3) is 0.529. The highest BCUT2D eigenvalue weighted by Crippen LogP contribution is 2.42. The van der Waals surface area contributed by atoms with Crippen molar-refractivity contribution in [1.82, 2.24) is 24.8 Å². The quantitative estimate of drug-likeness (QED) is 0.865. The fourth-order valence-electron chi connectivity index (χ4n) is 4.11. The van der Waals surface area contributed by atoms with Crippen LogP contribution in [0.1, 0.15) is 34.7 Å². The first-order valence-corrected chi connectivity index (χ1v) is 9.59. The molecule has 1 spiro atoms. The zero-order valence-electron chi connectivity index (χ0n) is 14.6. The highest BCUT2D eigenvalue weighted by atomic mass is 32.1. The number of methoxy groups -OCH3 is 1. The molecule has 26 heavy (non-hydrogen) atoms. The maximum Gasteiger partial charge on any atom is 0.273 e. The number of piperidine rings is 1. The molecule has 0 atom stereocenters. The second kappa shape index (κ2) is 6.81. The lowest BCUT2D eigenvalue weighted by molar-refractivity contribution is -0.145. The maximum atomic E-state index is 12.7. The fourth-order valence-corrected chi connectivity index (χ4v) is 4.64. The molecule has 0 bridgehead atoms. The SMILES string of the molecule is COCC(=O)N1CCc2[nH]cnc2C12CCN(C(=O)c1cscn1)CC2. The number of likely N-dealkylation sites (tertiary alicyclic amines) is 1. The average molecular weight is 375 g/mol. The number of rotatable bonds is 3. The van der Waals surface area contributed by atoms with E-state index in [-0.39, 0.29) is 18.4 Å². The van der Waals surface area contributed by atoms with Crippen LogP contribution in [0.25, 0.3) is 0 Å². The van der Waals surface area contributed by atoms with E-state index in [1.165, 1.54) is 18.4 Å². The summed E-state index contributed by atoms with van der Waals surface area (Å²) in [6.45, 7) is 1.83. The summed E-state index contributed by atoms with van der Waals surface area (Å²) in [5.74, 6) is -0.0747. The number of amides is 2. The van der Waals surface area contributed by atoms with Crippen molar-refractivity contribution in [2.45, 2.75) is 24.8 Å². The van der Waals surface area contributed by atoms with E-state index in [1.807, 2.05) is 9.80 Å². The molecule has 0 saturated carbocycles. The van der Waals surface area contributed by atoms with Gasteiger partial charge in [-0.15, -0.1) is 11.3 Å². The zero-order chi connectivity index (χ0) is 18.1. The van der Waals surface area contributed by atoms with Crippen LogP contribution >= 0.6 is 11.3 Å². The number of aromatic amines is 1. The topological polar surface area (TPSA) is 91.4 Å². The van der Waals surface area contributed by atoms with E-state index in [4.69, 9.17) is 4.74 Å². The molecule has 1 fully saturated rings. The number of hydrogen-bond donors (Lipinski definition) is 1. The Hall–Kier alpha value is -2.26. The molecule has 8 nitrogen and oxygen atoms in total. The number of nitrogens with one attached hydrogen (secondary N) is 1. The summed E-state index contributed by atoms with van der Waals surface area (Å²) < 4.78 is 5.08. The molecular formula is C17H21N5O3S. The summed E-state index contributed by atoms with van der Waals surface area (Å²) in [6.07, 6.45) is 3.78. The van der Waals surface area contributed by atoms with Crippen LogP contribution in [-0.2, 0) is 21.5 Å². The number of hydrogen-bond acceptors (Lipinski definition) is 6. The van der Waals surface area contributed by atoms with Crippen LogP contribution in [-0.4, -0.2) is 69.9 Å². The minimum atomic E-state index is -0.470. The van der Waals surface area contributed by atoms with Gasteiger partial charge < -0.3 is 19.5 Å². The molecule has 2 aromatic rings. The van der Waals surface area contributed by atoms with E-state index < -0.39 is 5.54 Å². The smallest absolute Gasteiger partial charge is 0.273 e. The molecule has 4 heterocycles. The predicted molar refractivity (Wildman–Crippen MR) is 94.8 cm³/mol. The van der Waals surface area contributed by atoms with Crippen molar-refractivity contribution in [3.05, 3.63) is 34.3 Å². The van der Waals surface area contributed by atoms with Gasteiger partial charge in [-0.25, -0.2) is 9.97 Å². The molecule has 0 radical (unpaired) electrons. The minimum absolute atomic E-state index is 0.0274. The number of thiazole rings is 1. The largest absolute Gasteiger partial charge is 0.375 e. The lowest BCUT2D eigenvalue weighted by atomic mass is 9.78. The highest BCUT2D eigenvalue weighted by molar-refractivity contribution is 7.07. The third kappa shape index (κ3) is 2.71. The van der Waals surface area contributed by atoms with Crippen molar-refractivity contribution in [3.63, 3.8) is 0 Å². The Morgan fingerprint density at radius 3 is 2.81 bits per heavy atom. The monoisotopic (exact) mass is 375 g/mol. The van der Waals surface area contributed by atoms with Crippen molar-refractivity contribution in [1.29, 1.82) is 0 Å². The Morgan fingerprint density at radius 2 is 2.12 bits per heavy atom.